The van der Waals surface area contributed by atoms with Crippen LogP contribution in [0.25, 0.3) is 0 Å². The Morgan fingerprint density at radius 3 is 2.00 bits per heavy atom. The molecule has 13 nitrogen and oxygen atoms in total. The molecule has 0 saturated carbocycles. The quantitative estimate of drug-likeness (QED) is 0.113. The number of nitrogens with one attached hydrogen (secondary N) is 1. The highest BCUT2D eigenvalue weighted by Gasteiger charge is 2.34. The minimum absolute atomic E-state index is 0.0272. The van der Waals surface area contributed by atoms with E-state index in [9.17, 15) is 19.2 Å². The second-order valence-corrected chi connectivity index (χ2v) is 12.4. The van der Waals surface area contributed by atoms with Crippen LogP contribution >= 0.6 is 0 Å². The molecule has 2 aromatic carbocycles. The van der Waals surface area contributed by atoms with Gasteiger partial charge in [0.2, 0.25) is 11.8 Å². The molecule has 0 aliphatic carbocycles. The van der Waals surface area contributed by atoms with Crippen molar-refractivity contribution in [2.75, 3.05) is 61.2 Å². The van der Waals surface area contributed by atoms with Gasteiger partial charge in [-0.05, 0) is 73.2 Å². The summed E-state index contributed by atoms with van der Waals surface area (Å²) in [7, 11) is 6.49. The summed E-state index contributed by atoms with van der Waals surface area (Å²) < 4.78 is 22.3. The van der Waals surface area contributed by atoms with Crippen LogP contribution in [0.15, 0.2) is 42.5 Å². The van der Waals surface area contributed by atoms with Crippen molar-refractivity contribution < 1.29 is 48.3 Å². The lowest BCUT2D eigenvalue weighted by molar-refractivity contribution is -0.142. The maximum Gasteiger partial charge on any atom is 0.328 e. The summed E-state index contributed by atoms with van der Waals surface area (Å²) in [5.41, 5.74) is 3.16. The molecule has 1 atom stereocenters. The van der Waals surface area contributed by atoms with Gasteiger partial charge in [0.1, 0.15) is 0 Å². The smallest absolute Gasteiger partial charge is 0.328 e. The van der Waals surface area contributed by atoms with Gasteiger partial charge in [0, 0.05) is 25.2 Å². The number of unbranched alkanes of at least 4 members (excludes halogenated alkanes) is 5. The van der Waals surface area contributed by atoms with Crippen LogP contribution in [-0.2, 0) is 32.0 Å². The Kier molecular flexibility index (Phi) is 19.7. The minimum atomic E-state index is -1.26. The number of hydrogen-bond donors (Lipinski definition) is 3. The van der Waals surface area contributed by atoms with E-state index in [1.54, 1.807) is 33.3 Å². The Balaban J connectivity index is 0.00000104. The summed E-state index contributed by atoms with van der Waals surface area (Å²) in [5, 5.41) is 18.8. The standard InChI is InChI=1S/C35H53N3O6.C4H4O4/c1-7-9-10-11-12-13-18-37(34(39)24-36-17-8-2)25-35(40)38-19-16-27-22-32(43-5)33(44-6)23-28(27)29(38)20-26-14-15-30(41-3)31(21-26)42-4;5-3(6)1-2-4(7)8/h14-15,21-23,29,36H,7-13,16-20,24-25H2,1-6H3;1-2H,(H,5,6)(H,7,8)/b;2-1-. The Hall–Kier alpha value is -4.78. The van der Waals surface area contributed by atoms with Gasteiger partial charge < -0.3 is 44.3 Å². The van der Waals surface area contributed by atoms with Gasteiger partial charge in [-0.15, -0.1) is 0 Å². The van der Waals surface area contributed by atoms with Crippen LogP contribution in [-0.4, -0.2) is 105 Å². The zero-order valence-electron chi connectivity index (χ0n) is 31.6. The van der Waals surface area contributed by atoms with E-state index in [0.29, 0.717) is 61.1 Å². The summed E-state index contributed by atoms with van der Waals surface area (Å²) in [4.78, 5) is 50.2. The van der Waals surface area contributed by atoms with E-state index in [2.05, 4.69) is 19.2 Å². The molecule has 0 saturated heterocycles. The third kappa shape index (κ3) is 14.1. The van der Waals surface area contributed by atoms with E-state index in [-0.39, 0.29) is 30.9 Å². The lowest BCUT2D eigenvalue weighted by Crippen LogP contribution is -2.49. The molecule has 1 aliphatic heterocycles. The summed E-state index contributed by atoms with van der Waals surface area (Å²) >= 11 is 0. The molecule has 0 aromatic heterocycles. The van der Waals surface area contributed by atoms with Crippen LogP contribution in [0.4, 0.5) is 0 Å². The van der Waals surface area contributed by atoms with Crippen molar-refractivity contribution in [3.05, 3.63) is 59.2 Å². The summed E-state index contributed by atoms with van der Waals surface area (Å²) in [5.74, 6) is -0.00117. The van der Waals surface area contributed by atoms with Crippen molar-refractivity contribution in [2.45, 2.75) is 77.7 Å². The van der Waals surface area contributed by atoms with Crippen LogP contribution in [0.3, 0.4) is 0 Å². The van der Waals surface area contributed by atoms with E-state index in [1.165, 1.54) is 19.3 Å². The first-order valence-corrected chi connectivity index (χ1v) is 17.9. The number of aliphatic carboxylic acids is 2. The number of methoxy groups -OCH3 is 4. The molecule has 52 heavy (non-hydrogen) atoms. The highest BCUT2D eigenvalue weighted by molar-refractivity contribution is 5.89. The summed E-state index contributed by atoms with van der Waals surface area (Å²) in [6.45, 7) is 6.49. The largest absolute Gasteiger partial charge is 0.493 e. The van der Waals surface area contributed by atoms with Gasteiger partial charge >= 0.3 is 11.9 Å². The lowest BCUT2D eigenvalue weighted by atomic mass is 9.88. The van der Waals surface area contributed by atoms with Crippen LogP contribution in [0.1, 0.15) is 81.5 Å². The first-order chi connectivity index (χ1) is 25.0. The van der Waals surface area contributed by atoms with E-state index in [4.69, 9.17) is 29.2 Å². The maximum absolute atomic E-state index is 14.1. The molecular formula is C39H57N3O10. The molecule has 0 bridgehead atoms. The summed E-state index contributed by atoms with van der Waals surface area (Å²) in [6.07, 6.45) is 10.1. The number of carbonyl (C=O) groups excluding carboxylic acids is 2. The number of hydrogen-bond acceptors (Lipinski definition) is 9. The predicted molar refractivity (Wildman–Crippen MR) is 198 cm³/mol. The van der Waals surface area contributed by atoms with Gasteiger partial charge in [-0.3, -0.25) is 9.59 Å². The second kappa shape index (κ2) is 23.6. The minimum Gasteiger partial charge on any atom is -0.493 e. The van der Waals surface area contributed by atoms with Crippen molar-refractivity contribution in [1.29, 1.82) is 0 Å². The molecule has 288 valence electrons. The average Bonchev–Trinajstić information content (AvgIpc) is 3.14. The fraction of sp³-hybridized carbons (Fsp3) is 0.538. The Labute approximate surface area is 307 Å². The highest BCUT2D eigenvalue weighted by Crippen LogP contribution is 2.40. The Morgan fingerprint density at radius 2 is 1.40 bits per heavy atom. The molecule has 2 aromatic rings. The molecule has 0 radical (unpaired) electrons. The number of carboxylic acids is 2. The van der Waals surface area contributed by atoms with Crippen molar-refractivity contribution in [3.8, 4) is 23.0 Å². The number of ether oxygens (including phenoxy) is 4. The molecule has 3 N–H and O–H groups in total. The van der Waals surface area contributed by atoms with Crippen molar-refractivity contribution in [2.24, 2.45) is 0 Å². The third-order valence-corrected chi connectivity index (χ3v) is 8.73. The van der Waals surface area contributed by atoms with Crippen LogP contribution in [0.5, 0.6) is 23.0 Å². The van der Waals surface area contributed by atoms with Crippen LogP contribution in [0.2, 0.25) is 0 Å². The number of benzene rings is 2. The number of fused-ring (bicyclic) bond motifs is 1. The fourth-order valence-corrected chi connectivity index (χ4v) is 6.03. The molecule has 1 aliphatic rings. The number of nitrogens with zero attached hydrogens (tertiary/aromatic N) is 2. The normalized spacial score (nSPS) is 13.4. The first kappa shape index (κ1) is 43.4. The molecule has 1 unspecified atom stereocenters. The molecule has 1 heterocycles. The lowest BCUT2D eigenvalue weighted by Gasteiger charge is -2.39. The van der Waals surface area contributed by atoms with E-state index in [1.807, 2.05) is 35.2 Å². The molecule has 2 amide bonds. The molecule has 3 rings (SSSR count). The van der Waals surface area contributed by atoms with Gasteiger partial charge in [0.25, 0.3) is 0 Å². The second-order valence-electron chi connectivity index (χ2n) is 12.4. The molecule has 0 spiro atoms. The molecule has 0 fully saturated rings. The van der Waals surface area contributed by atoms with Crippen molar-refractivity contribution in [1.82, 2.24) is 15.1 Å². The number of amides is 2. The van der Waals surface area contributed by atoms with Gasteiger partial charge in [0.05, 0.1) is 47.6 Å². The Morgan fingerprint density at radius 1 is 0.808 bits per heavy atom. The van der Waals surface area contributed by atoms with Crippen LogP contribution < -0.4 is 24.3 Å². The van der Waals surface area contributed by atoms with Gasteiger partial charge in [-0.1, -0.05) is 52.0 Å². The molecular weight excluding hydrogens is 670 g/mol. The number of carbonyl (C=O) groups is 4. The van der Waals surface area contributed by atoms with Crippen molar-refractivity contribution >= 4 is 23.8 Å². The SMILES string of the molecule is CCCCCCCCN(CC(=O)N1CCc2cc(OC)c(OC)cc2C1Cc1ccc(OC)c(OC)c1)C(=O)CNCCC.O=C(O)/C=C\C(=O)O. The van der Waals surface area contributed by atoms with Gasteiger partial charge in [-0.25, -0.2) is 9.59 Å². The van der Waals surface area contributed by atoms with E-state index < -0.39 is 11.9 Å². The topological polar surface area (TPSA) is 164 Å². The number of carboxylic acid groups (broad SMARTS) is 2. The monoisotopic (exact) mass is 727 g/mol. The van der Waals surface area contributed by atoms with Gasteiger partial charge in [0.15, 0.2) is 23.0 Å². The Bertz CT molecular complexity index is 1460. The first-order valence-electron chi connectivity index (χ1n) is 17.9. The fourth-order valence-electron chi connectivity index (χ4n) is 6.03. The van der Waals surface area contributed by atoms with Crippen LogP contribution in [0, 0.1) is 0 Å². The average molecular weight is 728 g/mol. The van der Waals surface area contributed by atoms with Gasteiger partial charge in [-0.2, -0.15) is 0 Å². The van der Waals surface area contributed by atoms with Crippen molar-refractivity contribution in [3.63, 3.8) is 0 Å². The maximum atomic E-state index is 14.1. The summed E-state index contributed by atoms with van der Waals surface area (Å²) in [6, 6.07) is 9.62. The number of rotatable bonds is 21. The predicted octanol–water partition coefficient (Wildman–Crippen LogP) is 5.29. The zero-order chi connectivity index (χ0) is 38.5. The molecule has 13 heteroatoms. The highest BCUT2D eigenvalue weighted by atomic mass is 16.5. The van der Waals surface area contributed by atoms with E-state index in [0.717, 1.165) is 48.9 Å². The zero-order valence-corrected chi connectivity index (χ0v) is 31.6. The third-order valence-electron chi connectivity index (χ3n) is 8.73. The van der Waals surface area contributed by atoms with E-state index >= 15 is 0 Å².